The van der Waals surface area contributed by atoms with Crippen LogP contribution in [0.5, 0.6) is 11.5 Å². The highest BCUT2D eigenvalue weighted by atomic mass is 32.2. The molecule has 0 unspecified atom stereocenters. The standard InChI is InChI=1S/C24H23N3O6S/c1-18(28)33-21-13-11-19(12-14-21)16-25-26-24(29)17-27(20-7-6-8-22(15-20)32-2)34(30,31)23-9-4-3-5-10-23/h3-16H,17H2,1-2H3,(H,26,29)/b25-16-. The SMILES string of the molecule is COc1cccc(N(CC(=O)N/N=C\c2ccc(OC(C)=O)cc2)S(=O)(=O)c2ccccc2)c1. The second-order valence-electron chi connectivity index (χ2n) is 6.98. The Labute approximate surface area is 197 Å². The van der Waals surface area contributed by atoms with Crippen LogP contribution in [0.1, 0.15) is 12.5 Å². The van der Waals surface area contributed by atoms with E-state index in [1.54, 1.807) is 60.7 Å². The molecule has 0 saturated carbocycles. The molecule has 9 nitrogen and oxygen atoms in total. The summed E-state index contributed by atoms with van der Waals surface area (Å²) in [5, 5.41) is 3.89. The van der Waals surface area contributed by atoms with Gasteiger partial charge in [0.1, 0.15) is 18.0 Å². The highest BCUT2D eigenvalue weighted by Gasteiger charge is 2.27. The normalized spacial score (nSPS) is 11.1. The van der Waals surface area contributed by atoms with Gasteiger partial charge in [-0.3, -0.25) is 13.9 Å². The number of amides is 1. The molecule has 1 amide bonds. The first kappa shape index (κ1) is 24.5. The lowest BCUT2D eigenvalue weighted by Gasteiger charge is -2.24. The first-order valence-corrected chi connectivity index (χ1v) is 11.6. The zero-order valence-electron chi connectivity index (χ0n) is 18.5. The molecule has 1 N–H and O–H groups in total. The number of nitrogens with zero attached hydrogens (tertiary/aromatic N) is 2. The number of carbonyl (C=O) groups excluding carboxylic acids is 2. The molecule has 10 heteroatoms. The summed E-state index contributed by atoms with van der Waals surface area (Å²) in [5.41, 5.74) is 3.24. The molecule has 0 spiro atoms. The van der Waals surface area contributed by atoms with Crippen molar-refractivity contribution < 1.29 is 27.5 Å². The molecule has 0 heterocycles. The van der Waals surface area contributed by atoms with Crippen molar-refractivity contribution in [3.63, 3.8) is 0 Å². The van der Waals surface area contributed by atoms with Crippen molar-refractivity contribution in [2.45, 2.75) is 11.8 Å². The number of hydrogen-bond acceptors (Lipinski definition) is 7. The lowest BCUT2D eigenvalue weighted by atomic mass is 10.2. The van der Waals surface area contributed by atoms with Crippen molar-refractivity contribution in [1.82, 2.24) is 5.43 Å². The number of hydrazone groups is 1. The molecule has 0 atom stereocenters. The van der Waals surface area contributed by atoms with Crippen LogP contribution in [0.25, 0.3) is 0 Å². The van der Waals surface area contributed by atoms with Crippen molar-refractivity contribution in [2.24, 2.45) is 5.10 Å². The highest BCUT2D eigenvalue weighted by Crippen LogP contribution is 2.26. The summed E-state index contributed by atoms with van der Waals surface area (Å²) in [5.74, 6) is -0.245. The fraction of sp³-hybridized carbons (Fsp3) is 0.125. The molecule has 176 valence electrons. The van der Waals surface area contributed by atoms with E-state index in [2.05, 4.69) is 10.5 Å². The van der Waals surface area contributed by atoms with Crippen LogP contribution in [0.4, 0.5) is 5.69 Å². The van der Waals surface area contributed by atoms with Gasteiger partial charge >= 0.3 is 5.97 Å². The number of methoxy groups -OCH3 is 1. The van der Waals surface area contributed by atoms with Gasteiger partial charge in [-0.25, -0.2) is 13.8 Å². The molecular weight excluding hydrogens is 458 g/mol. The second-order valence-corrected chi connectivity index (χ2v) is 8.84. The van der Waals surface area contributed by atoms with Gasteiger partial charge in [0, 0.05) is 13.0 Å². The van der Waals surface area contributed by atoms with Crippen LogP contribution in [-0.4, -0.2) is 40.2 Å². The summed E-state index contributed by atoms with van der Waals surface area (Å²) in [6.07, 6.45) is 1.39. The van der Waals surface area contributed by atoms with Gasteiger partial charge < -0.3 is 9.47 Å². The Kier molecular flexibility index (Phi) is 7.99. The molecule has 0 aliphatic heterocycles. The molecule has 0 bridgehead atoms. The number of nitrogens with one attached hydrogen (secondary N) is 1. The van der Waals surface area contributed by atoms with E-state index < -0.39 is 28.4 Å². The maximum absolute atomic E-state index is 13.3. The minimum atomic E-state index is -4.04. The minimum absolute atomic E-state index is 0.0435. The van der Waals surface area contributed by atoms with E-state index in [4.69, 9.17) is 9.47 Å². The van der Waals surface area contributed by atoms with Gasteiger partial charge in [0.05, 0.1) is 23.9 Å². The quantitative estimate of drug-likeness (QED) is 0.218. The lowest BCUT2D eigenvalue weighted by molar-refractivity contribution is -0.131. The number of esters is 1. The molecule has 0 saturated heterocycles. The van der Waals surface area contributed by atoms with Crippen molar-refractivity contribution >= 4 is 33.8 Å². The van der Waals surface area contributed by atoms with Crippen LogP contribution < -0.4 is 19.2 Å². The zero-order valence-corrected chi connectivity index (χ0v) is 19.4. The Balaban J connectivity index is 1.77. The molecular formula is C24H23N3O6S. The van der Waals surface area contributed by atoms with E-state index in [9.17, 15) is 18.0 Å². The average Bonchev–Trinajstić information content (AvgIpc) is 2.84. The number of anilines is 1. The summed E-state index contributed by atoms with van der Waals surface area (Å²) in [6.45, 7) is 0.796. The molecule has 3 rings (SSSR count). The van der Waals surface area contributed by atoms with E-state index in [0.29, 0.717) is 17.1 Å². The number of carbonyl (C=O) groups is 2. The minimum Gasteiger partial charge on any atom is -0.497 e. The van der Waals surface area contributed by atoms with E-state index in [1.807, 2.05) is 0 Å². The van der Waals surface area contributed by atoms with Gasteiger partial charge in [-0.1, -0.05) is 24.3 Å². The smallest absolute Gasteiger partial charge is 0.308 e. The molecule has 0 aliphatic carbocycles. The molecule has 34 heavy (non-hydrogen) atoms. The molecule has 0 aromatic heterocycles. The van der Waals surface area contributed by atoms with Crippen LogP contribution >= 0.6 is 0 Å². The number of sulfonamides is 1. The van der Waals surface area contributed by atoms with Gasteiger partial charge in [-0.2, -0.15) is 5.10 Å². The van der Waals surface area contributed by atoms with Crippen molar-refractivity contribution in [1.29, 1.82) is 0 Å². The second kappa shape index (κ2) is 11.1. The van der Waals surface area contributed by atoms with Crippen LogP contribution in [0, 0.1) is 0 Å². The van der Waals surface area contributed by atoms with Crippen molar-refractivity contribution in [3.05, 3.63) is 84.4 Å². The Bertz CT molecular complexity index is 1280. The van der Waals surface area contributed by atoms with Crippen LogP contribution in [0.15, 0.2) is 88.9 Å². The number of benzene rings is 3. The summed E-state index contributed by atoms with van der Waals surface area (Å²) >= 11 is 0. The number of rotatable bonds is 9. The average molecular weight is 482 g/mol. The predicted molar refractivity (Wildman–Crippen MR) is 127 cm³/mol. The Morgan fingerprint density at radius 2 is 1.68 bits per heavy atom. The monoisotopic (exact) mass is 481 g/mol. The van der Waals surface area contributed by atoms with Crippen molar-refractivity contribution in [3.8, 4) is 11.5 Å². The van der Waals surface area contributed by atoms with Crippen LogP contribution in [0.2, 0.25) is 0 Å². The first-order valence-electron chi connectivity index (χ1n) is 10.1. The number of ether oxygens (including phenoxy) is 2. The van der Waals surface area contributed by atoms with E-state index >= 15 is 0 Å². The fourth-order valence-corrected chi connectivity index (χ4v) is 4.37. The van der Waals surface area contributed by atoms with Crippen LogP contribution in [-0.2, 0) is 19.6 Å². The van der Waals surface area contributed by atoms with Gasteiger partial charge in [0.2, 0.25) is 0 Å². The molecule has 3 aromatic rings. The van der Waals surface area contributed by atoms with E-state index in [1.165, 1.54) is 38.4 Å². The molecule has 0 radical (unpaired) electrons. The van der Waals surface area contributed by atoms with Gasteiger partial charge in [0.25, 0.3) is 15.9 Å². The molecule has 0 fully saturated rings. The third-order valence-electron chi connectivity index (χ3n) is 4.50. The lowest BCUT2D eigenvalue weighted by Crippen LogP contribution is -2.39. The topological polar surface area (TPSA) is 114 Å². The summed E-state index contributed by atoms with van der Waals surface area (Å²) in [7, 11) is -2.57. The first-order chi connectivity index (χ1) is 16.3. The van der Waals surface area contributed by atoms with Gasteiger partial charge in [-0.15, -0.1) is 0 Å². The van der Waals surface area contributed by atoms with E-state index in [-0.39, 0.29) is 10.6 Å². The highest BCUT2D eigenvalue weighted by molar-refractivity contribution is 7.92. The van der Waals surface area contributed by atoms with Crippen LogP contribution in [0.3, 0.4) is 0 Å². The Hall–Kier alpha value is -4.18. The number of hydrogen-bond donors (Lipinski definition) is 1. The Morgan fingerprint density at radius 3 is 2.32 bits per heavy atom. The largest absolute Gasteiger partial charge is 0.497 e. The maximum atomic E-state index is 13.3. The van der Waals surface area contributed by atoms with Gasteiger partial charge in [0.15, 0.2) is 0 Å². The van der Waals surface area contributed by atoms with E-state index in [0.717, 1.165) is 4.31 Å². The maximum Gasteiger partial charge on any atom is 0.308 e. The molecule has 3 aromatic carbocycles. The summed E-state index contributed by atoms with van der Waals surface area (Å²) < 4.78 is 37.8. The fourth-order valence-electron chi connectivity index (χ4n) is 2.93. The Morgan fingerprint density at radius 1 is 0.971 bits per heavy atom. The zero-order chi connectivity index (χ0) is 24.6. The molecule has 0 aliphatic rings. The third-order valence-corrected chi connectivity index (χ3v) is 6.29. The van der Waals surface area contributed by atoms with Gasteiger partial charge in [-0.05, 0) is 54.1 Å². The predicted octanol–water partition coefficient (Wildman–Crippen LogP) is 2.97. The summed E-state index contributed by atoms with van der Waals surface area (Å²) in [6, 6.07) is 20.7. The summed E-state index contributed by atoms with van der Waals surface area (Å²) in [4.78, 5) is 23.6. The third kappa shape index (κ3) is 6.42. The van der Waals surface area contributed by atoms with Crippen molar-refractivity contribution in [2.75, 3.05) is 18.0 Å².